The summed E-state index contributed by atoms with van der Waals surface area (Å²) in [5.74, 6) is -0.213. The van der Waals surface area contributed by atoms with Crippen LogP contribution in [0.1, 0.15) is 21.7 Å². The highest BCUT2D eigenvalue weighted by molar-refractivity contribution is 5.97. The van der Waals surface area contributed by atoms with Gasteiger partial charge in [-0.2, -0.15) is 0 Å². The molecule has 128 valence electrons. The zero-order valence-electron chi connectivity index (χ0n) is 14.0. The van der Waals surface area contributed by atoms with Crippen molar-refractivity contribution in [2.75, 3.05) is 0 Å². The van der Waals surface area contributed by atoms with Gasteiger partial charge in [0.25, 0.3) is 11.2 Å². The molecule has 2 aromatic heterocycles. The highest BCUT2D eigenvalue weighted by Crippen LogP contribution is 2.17. The van der Waals surface area contributed by atoms with Crippen molar-refractivity contribution >= 4 is 22.4 Å². The number of non-ortho nitro benzene ring substituents is 1. The van der Waals surface area contributed by atoms with Crippen molar-refractivity contribution in [3.05, 3.63) is 68.0 Å². The lowest BCUT2D eigenvalue weighted by Gasteiger charge is -2.06. The predicted molar refractivity (Wildman–Crippen MR) is 91.9 cm³/mol. The molecule has 3 rings (SSSR count). The lowest BCUT2D eigenvalue weighted by atomic mass is 10.1. The van der Waals surface area contributed by atoms with E-state index >= 15 is 0 Å². The van der Waals surface area contributed by atoms with E-state index in [4.69, 9.17) is 0 Å². The van der Waals surface area contributed by atoms with Crippen molar-refractivity contribution in [3.8, 4) is 0 Å². The average molecular weight is 340 g/mol. The van der Waals surface area contributed by atoms with E-state index in [1.54, 1.807) is 6.07 Å². The van der Waals surface area contributed by atoms with Gasteiger partial charge in [0.15, 0.2) is 5.78 Å². The third-order valence-electron chi connectivity index (χ3n) is 4.41. The van der Waals surface area contributed by atoms with E-state index in [0.29, 0.717) is 11.1 Å². The van der Waals surface area contributed by atoms with Gasteiger partial charge in [-0.15, -0.1) is 0 Å². The van der Waals surface area contributed by atoms with E-state index in [1.807, 2.05) is 25.5 Å². The number of fused-ring (bicyclic) bond motifs is 1. The number of Topliss-reactive ketones (excluding diaryl/α,β-unsaturated/α-hetero) is 1. The highest BCUT2D eigenvalue weighted by atomic mass is 16.6. The molecule has 0 radical (unpaired) electrons. The van der Waals surface area contributed by atoms with Gasteiger partial charge in [0.1, 0.15) is 0 Å². The Hall–Kier alpha value is -3.29. The standard InChI is InChI=1S/C17H16N4O4/c1-10-6-13(11(2)19(10)3)16(22)8-20-9-18-15-5-4-12(21(24)25)7-14(15)17(20)23/h4-7,9H,8H2,1-3H3. The molecule has 0 saturated heterocycles. The number of ketones is 1. The van der Waals surface area contributed by atoms with Crippen LogP contribution in [0.2, 0.25) is 0 Å². The summed E-state index contributed by atoms with van der Waals surface area (Å²) >= 11 is 0. The maximum Gasteiger partial charge on any atom is 0.270 e. The molecule has 0 N–H and O–H groups in total. The van der Waals surface area contributed by atoms with Crippen molar-refractivity contribution in [2.24, 2.45) is 7.05 Å². The fourth-order valence-corrected chi connectivity index (χ4v) is 2.75. The number of carbonyl (C=O) groups excluding carboxylic acids is 1. The second-order valence-electron chi connectivity index (χ2n) is 5.90. The van der Waals surface area contributed by atoms with Gasteiger partial charge in [-0.25, -0.2) is 4.98 Å². The summed E-state index contributed by atoms with van der Waals surface area (Å²) in [5.41, 5.74) is 2.00. The summed E-state index contributed by atoms with van der Waals surface area (Å²) in [7, 11) is 1.87. The molecule has 0 bridgehead atoms. The Kier molecular flexibility index (Phi) is 3.96. The summed E-state index contributed by atoms with van der Waals surface area (Å²) in [6.07, 6.45) is 1.29. The van der Waals surface area contributed by atoms with Crippen molar-refractivity contribution in [1.29, 1.82) is 0 Å². The number of nitro groups is 1. The molecule has 3 aromatic rings. The molecule has 0 aliphatic carbocycles. The Balaban J connectivity index is 2.02. The number of hydrogen-bond donors (Lipinski definition) is 0. The monoisotopic (exact) mass is 340 g/mol. The lowest BCUT2D eigenvalue weighted by Crippen LogP contribution is -2.25. The SMILES string of the molecule is Cc1cc(C(=O)Cn2cnc3ccc([N+](=O)[O-])cc3c2=O)c(C)n1C. The maximum atomic E-state index is 12.6. The first-order chi connectivity index (χ1) is 11.8. The second kappa shape index (κ2) is 5.97. The van der Waals surface area contributed by atoms with Crippen molar-refractivity contribution in [1.82, 2.24) is 14.1 Å². The van der Waals surface area contributed by atoms with Crippen LogP contribution in [0, 0.1) is 24.0 Å². The van der Waals surface area contributed by atoms with E-state index < -0.39 is 10.5 Å². The molecule has 0 amide bonds. The van der Waals surface area contributed by atoms with E-state index in [-0.39, 0.29) is 23.4 Å². The van der Waals surface area contributed by atoms with Crippen LogP contribution in [-0.4, -0.2) is 24.8 Å². The molecular weight excluding hydrogens is 324 g/mol. The van der Waals surface area contributed by atoms with Gasteiger partial charge in [-0.1, -0.05) is 0 Å². The molecule has 0 saturated carbocycles. The molecule has 8 nitrogen and oxygen atoms in total. The Morgan fingerprint density at radius 1 is 1.28 bits per heavy atom. The normalized spacial score (nSPS) is 11.0. The molecule has 0 atom stereocenters. The summed E-state index contributed by atoms with van der Waals surface area (Å²) in [6, 6.07) is 5.68. The summed E-state index contributed by atoms with van der Waals surface area (Å²) in [6.45, 7) is 3.56. The molecule has 0 spiro atoms. The van der Waals surface area contributed by atoms with Crippen molar-refractivity contribution in [2.45, 2.75) is 20.4 Å². The second-order valence-corrected chi connectivity index (χ2v) is 5.90. The summed E-state index contributed by atoms with van der Waals surface area (Å²) in [4.78, 5) is 39.6. The van der Waals surface area contributed by atoms with E-state index in [2.05, 4.69) is 4.98 Å². The van der Waals surface area contributed by atoms with Crippen LogP contribution < -0.4 is 5.56 Å². The van der Waals surface area contributed by atoms with Gasteiger partial charge in [-0.05, 0) is 26.0 Å². The van der Waals surface area contributed by atoms with Crippen molar-refractivity contribution in [3.63, 3.8) is 0 Å². The number of nitrogens with zero attached hydrogens (tertiary/aromatic N) is 4. The first kappa shape index (κ1) is 16.6. The Bertz CT molecular complexity index is 1080. The highest BCUT2D eigenvalue weighted by Gasteiger charge is 2.17. The minimum Gasteiger partial charge on any atom is -0.351 e. The third-order valence-corrected chi connectivity index (χ3v) is 4.41. The van der Waals surface area contributed by atoms with Gasteiger partial charge in [0.2, 0.25) is 0 Å². The number of hydrogen-bond acceptors (Lipinski definition) is 5. The zero-order valence-corrected chi connectivity index (χ0v) is 14.0. The fraction of sp³-hybridized carbons (Fsp3) is 0.235. The smallest absolute Gasteiger partial charge is 0.270 e. The van der Waals surface area contributed by atoms with Gasteiger partial charge in [0, 0.05) is 36.1 Å². The number of nitro benzene ring substituents is 1. The third kappa shape index (κ3) is 2.82. The fourth-order valence-electron chi connectivity index (χ4n) is 2.75. The predicted octanol–water partition coefficient (Wildman–Crippen LogP) is 2.14. The minimum atomic E-state index is -0.572. The average Bonchev–Trinajstić information content (AvgIpc) is 2.84. The number of carbonyl (C=O) groups is 1. The molecule has 0 unspecified atom stereocenters. The van der Waals surface area contributed by atoms with Crippen LogP contribution in [0.3, 0.4) is 0 Å². The molecule has 0 fully saturated rings. The molecule has 2 heterocycles. The van der Waals surface area contributed by atoms with E-state index in [1.165, 1.54) is 29.1 Å². The number of benzene rings is 1. The maximum absolute atomic E-state index is 12.6. The van der Waals surface area contributed by atoms with Crippen LogP contribution in [0.5, 0.6) is 0 Å². The zero-order chi connectivity index (χ0) is 18.3. The van der Waals surface area contributed by atoms with E-state index in [9.17, 15) is 19.7 Å². The summed E-state index contributed by atoms with van der Waals surface area (Å²) in [5, 5.41) is 11.0. The minimum absolute atomic E-state index is 0.116. The van der Waals surface area contributed by atoms with Gasteiger partial charge >= 0.3 is 0 Å². The van der Waals surface area contributed by atoms with Gasteiger partial charge < -0.3 is 4.57 Å². The lowest BCUT2D eigenvalue weighted by molar-refractivity contribution is -0.384. The molecule has 0 aliphatic heterocycles. The Morgan fingerprint density at radius 2 is 2.00 bits per heavy atom. The number of aryl methyl sites for hydroxylation is 1. The number of aromatic nitrogens is 3. The molecule has 8 heteroatoms. The van der Waals surface area contributed by atoms with Gasteiger partial charge in [0.05, 0.1) is 28.7 Å². The summed E-state index contributed by atoms with van der Waals surface area (Å²) < 4.78 is 3.08. The molecular formula is C17H16N4O4. The van der Waals surface area contributed by atoms with Crippen LogP contribution in [0.25, 0.3) is 10.9 Å². The van der Waals surface area contributed by atoms with E-state index in [0.717, 1.165) is 11.4 Å². The number of rotatable bonds is 4. The quantitative estimate of drug-likeness (QED) is 0.411. The van der Waals surface area contributed by atoms with Gasteiger partial charge in [-0.3, -0.25) is 24.3 Å². The van der Waals surface area contributed by atoms with Crippen LogP contribution in [0.4, 0.5) is 5.69 Å². The van der Waals surface area contributed by atoms with Crippen LogP contribution >= 0.6 is 0 Å². The van der Waals surface area contributed by atoms with Crippen LogP contribution in [-0.2, 0) is 13.6 Å². The van der Waals surface area contributed by atoms with Crippen molar-refractivity contribution < 1.29 is 9.72 Å². The Morgan fingerprint density at radius 3 is 2.60 bits per heavy atom. The first-order valence-corrected chi connectivity index (χ1v) is 7.59. The van der Waals surface area contributed by atoms with Crippen LogP contribution in [0.15, 0.2) is 35.4 Å². The molecule has 0 aliphatic rings. The largest absolute Gasteiger partial charge is 0.351 e. The molecule has 25 heavy (non-hydrogen) atoms. The Labute approximate surface area is 142 Å². The molecule has 1 aromatic carbocycles. The topological polar surface area (TPSA) is 100 Å². The first-order valence-electron chi connectivity index (χ1n) is 7.59.